The maximum Gasteiger partial charge on any atom is 0.269 e. The van der Waals surface area contributed by atoms with Crippen LogP contribution in [0.1, 0.15) is 5.56 Å². The van der Waals surface area contributed by atoms with Gasteiger partial charge in [0.05, 0.1) is 4.90 Å². The fourth-order valence-electron chi connectivity index (χ4n) is 2.11. The number of pyridine rings is 1. The predicted octanol–water partition coefficient (Wildman–Crippen LogP) is 2.92. The second-order valence-electron chi connectivity index (χ2n) is 4.28. The molecule has 5 heteroatoms. The first-order valence-electron chi connectivity index (χ1n) is 6.04. The molecular formula is C15H12N2O2S. The van der Waals surface area contributed by atoms with Crippen LogP contribution in [0.25, 0.3) is 17.1 Å². The van der Waals surface area contributed by atoms with Gasteiger partial charge in [0.2, 0.25) is 0 Å². The third-order valence-corrected chi connectivity index (χ3v) is 4.75. The van der Waals surface area contributed by atoms with Crippen LogP contribution in [0.2, 0.25) is 0 Å². The highest BCUT2D eigenvalue weighted by molar-refractivity contribution is 7.90. The number of hydrogen-bond acceptors (Lipinski definition) is 3. The van der Waals surface area contributed by atoms with E-state index in [4.69, 9.17) is 0 Å². The lowest BCUT2D eigenvalue weighted by Gasteiger charge is -2.06. The first-order valence-corrected chi connectivity index (χ1v) is 7.48. The molecule has 0 unspecified atom stereocenters. The van der Waals surface area contributed by atoms with Crippen molar-refractivity contribution in [3.05, 3.63) is 67.0 Å². The Labute approximate surface area is 117 Å². The Kier molecular flexibility index (Phi) is 2.91. The van der Waals surface area contributed by atoms with Crippen LogP contribution in [0.3, 0.4) is 0 Å². The van der Waals surface area contributed by atoms with Crippen molar-refractivity contribution in [2.75, 3.05) is 0 Å². The molecule has 0 atom stereocenters. The van der Waals surface area contributed by atoms with Crippen molar-refractivity contribution in [1.29, 1.82) is 0 Å². The van der Waals surface area contributed by atoms with E-state index in [9.17, 15) is 8.42 Å². The lowest BCUT2D eigenvalue weighted by atomic mass is 10.2. The van der Waals surface area contributed by atoms with E-state index in [1.54, 1.807) is 54.9 Å². The topological polar surface area (TPSA) is 52.0 Å². The molecule has 0 bridgehead atoms. The lowest BCUT2D eigenvalue weighted by Crippen LogP contribution is -2.12. The number of nitrogens with zero attached hydrogens (tertiary/aromatic N) is 2. The van der Waals surface area contributed by atoms with Gasteiger partial charge in [0, 0.05) is 23.3 Å². The molecule has 4 nitrogen and oxygen atoms in total. The van der Waals surface area contributed by atoms with Crippen LogP contribution in [0.4, 0.5) is 0 Å². The fourth-order valence-corrected chi connectivity index (χ4v) is 3.46. The molecule has 0 aliphatic heterocycles. The predicted molar refractivity (Wildman–Crippen MR) is 78.8 cm³/mol. The molecule has 1 aromatic carbocycles. The molecule has 100 valence electrons. The highest BCUT2D eigenvalue weighted by atomic mass is 32.2. The molecule has 0 saturated carbocycles. The van der Waals surface area contributed by atoms with Gasteiger partial charge in [-0.2, -0.15) is 0 Å². The smallest absolute Gasteiger partial charge is 0.237 e. The fraction of sp³-hybridized carbons (Fsp3) is 0. The Balaban J connectivity index is 2.33. The van der Waals surface area contributed by atoms with E-state index in [1.165, 1.54) is 3.97 Å². The molecule has 0 radical (unpaired) electrons. The Morgan fingerprint density at radius 1 is 1.10 bits per heavy atom. The number of hydrogen-bond donors (Lipinski definition) is 0. The summed E-state index contributed by atoms with van der Waals surface area (Å²) in [6, 6.07) is 11.9. The minimum Gasteiger partial charge on any atom is -0.237 e. The van der Waals surface area contributed by atoms with Crippen molar-refractivity contribution in [2.45, 2.75) is 4.90 Å². The SMILES string of the molecule is C=Cc1cn(S(=O)(=O)c2ccccc2)c2ncccc12. The van der Waals surface area contributed by atoms with Gasteiger partial charge >= 0.3 is 0 Å². The summed E-state index contributed by atoms with van der Waals surface area (Å²) in [6.45, 7) is 3.71. The highest BCUT2D eigenvalue weighted by Crippen LogP contribution is 2.24. The Bertz CT molecular complexity index is 881. The summed E-state index contributed by atoms with van der Waals surface area (Å²) < 4.78 is 26.5. The van der Waals surface area contributed by atoms with Crippen LogP contribution in [0.5, 0.6) is 0 Å². The molecule has 20 heavy (non-hydrogen) atoms. The lowest BCUT2D eigenvalue weighted by molar-refractivity contribution is 0.588. The summed E-state index contributed by atoms with van der Waals surface area (Å²) in [5.74, 6) is 0. The van der Waals surface area contributed by atoms with Gasteiger partial charge in [-0.15, -0.1) is 0 Å². The van der Waals surface area contributed by atoms with Gasteiger partial charge in [0.25, 0.3) is 10.0 Å². The Morgan fingerprint density at radius 2 is 1.85 bits per heavy atom. The van der Waals surface area contributed by atoms with E-state index in [1.807, 2.05) is 6.07 Å². The van der Waals surface area contributed by atoms with Gasteiger partial charge in [-0.1, -0.05) is 30.9 Å². The monoisotopic (exact) mass is 284 g/mol. The van der Waals surface area contributed by atoms with Gasteiger partial charge in [-0.05, 0) is 24.3 Å². The normalized spacial score (nSPS) is 11.6. The van der Waals surface area contributed by atoms with Crippen LogP contribution < -0.4 is 0 Å². The first-order chi connectivity index (χ1) is 9.64. The van der Waals surface area contributed by atoms with Gasteiger partial charge in [-0.3, -0.25) is 0 Å². The van der Waals surface area contributed by atoms with E-state index in [2.05, 4.69) is 11.6 Å². The van der Waals surface area contributed by atoms with E-state index >= 15 is 0 Å². The molecule has 0 amide bonds. The molecular weight excluding hydrogens is 272 g/mol. The third kappa shape index (κ3) is 1.83. The average Bonchev–Trinajstić information content (AvgIpc) is 2.88. The maximum absolute atomic E-state index is 12.7. The zero-order valence-corrected chi connectivity index (χ0v) is 11.4. The molecule has 0 N–H and O–H groups in total. The third-order valence-electron chi connectivity index (χ3n) is 3.08. The van der Waals surface area contributed by atoms with E-state index < -0.39 is 10.0 Å². The minimum absolute atomic E-state index is 0.234. The van der Waals surface area contributed by atoms with Gasteiger partial charge in [0.15, 0.2) is 5.65 Å². The van der Waals surface area contributed by atoms with Crippen LogP contribution in [0, 0.1) is 0 Å². The van der Waals surface area contributed by atoms with Crippen molar-refractivity contribution < 1.29 is 8.42 Å². The van der Waals surface area contributed by atoms with E-state index in [0.29, 0.717) is 5.65 Å². The van der Waals surface area contributed by atoms with Crippen LogP contribution in [-0.4, -0.2) is 17.4 Å². The van der Waals surface area contributed by atoms with Crippen molar-refractivity contribution in [3.8, 4) is 0 Å². The molecule has 2 aromatic heterocycles. The van der Waals surface area contributed by atoms with Crippen molar-refractivity contribution in [2.24, 2.45) is 0 Å². The highest BCUT2D eigenvalue weighted by Gasteiger charge is 2.20. The van der Waals surface area contributed by atoms with Crippen LogP contribution in [0.15, 0.2) is 66.3 Å². The summed E-state index contributed by atoms with van der Waals surface area (Å²) in [4.78, 5) is 4.41. The molecule has 0 aliphatic rings. The van der Waals surface area contributed by atoms with Gasteiger partial charge in [-0.25, -0.2) is 17.4 Å². The number of fused-ring (bicyclic) bond motifs is 1. The van der Waals surface area contributed by atoms with Crippen molar-refractivity contribution >= 4 is 27.1 Å². The van der Waals surface area contributed by atoms with Crippen LogP contribution in [-0.2, 0) is 10.0 Å². The summed E-state index contributed by atoms with van der Waals surface area (Å²) in [5, 5.41) is 0.766. The zero-order chi connectivity index (χ0) is 14.2. The molecule has 0 spiro atoms. The summed E-state index contributed by atoms with van der Waals surface area (Å²) >= 11 is 0. The van der Waals surface area contributed by atoms with Gasteiger partial charge < -0.3 is 0 Å². The molecule has 3 rings (SSSR count). The van der Waals surface area contributed by atoms with E-state index in [0.717, 1.165) is 10.9 Å². The Hall–Kier alpha value is -2.40. The minimum atomic E-state index is -3.65. The van der Waals surface area contributed by atoms with Crippen LogP contribution >= 0.6 is 0 Å². The average molecular weight is 284 g/mol. The molecule has 0 saturated heterocycles. The summed E-state index contributed by atoms with van der Waals surface area (Å²) in [7, 11) is -3.65. The molecule has 0 fully saturated rings. The zero-order valence-electron chi connectivity index (χ0n) is 10.6. The van der Waals surface area contributed by atoms with Gasteiger partial charge in [0.1, 0.15) is 0 Å². The maximum atomic E-state index is 12.7. The van der Waals surface area contributed by atoms with Crippen molar-refractivity contribution in [3.63, 3.8) is 0 Å². The number of benzene rings is 1. The Morgan fingerprint density at radius 3 is 2.55 bits per heavy atom. The summed E-state index contributed by atoms with van der Waals surface area (Å²) in [5.41, 5.74) is 1.15. The van der Waals surface area contributed by atoms with E-state index in [-0.39, 0.29) is 4.90 Å². The first kappa shape index (κ1) is 12.6. The summed E-state index contributed by atoms with van der Waals surface area (Å²) in [6.07, 6.45) is 4.75. The quantitative estimate of drug-likeness (QED) is 0.743. The second kappa shape index (κ2) is 4.61. The number of aromatic nitrogens is 2. The molecule has 0 aliphatic carbocycles. The molecule has 3 aromatic rings. The standard InChI is InChI=1S/C15H12N2O2S/c1-2-12-11-17(15-14(12)9-6-10-16-15)20(18,19)13-7-4-3-5-8-13/h2-11H,1H2. The van der Waals surface area contributed by atoms with Crippen molar-refractivity contribution in [1.82, 2.24) is 8.96 Å². The largest absolute Gasteiger partial charge is 0.269 e. The molecule has 2 heterocycles. The number of rotatable bonds is 3. The second-order valence-corrected chi connectivity index (χ2v) is 6.09.